The van der Waals surface area contributed by atoms with Crippen LogP contribution in [-0.2, 0) is 17.8 Å². The van der Waals surface area contributed by atoms with Gasteiger partial charge in [0.1, 0.15) is 10.5 Å². The maximum absolute atomic E-state index is 14.2. The maximum atomic E-state index is 14.2. The van der Waals surface area contributed by atoms with E-state index in [1.54, 1.807) is 29.6 Å². The highest BCUT2D eigenvalue weighted by atomic mass is 32.2. The third-order valence-electron chi connectivity index (χ3n) is 4.73. The lowest BCUT2D eigenvalue weighted by molar-refractivity contribution is -0.118. The zero-order valence-electron chi connectivity index (χ0n) is 16.6. The van der Waals surface area contributed by atoms with Crippen LogP contribution in [-0.4, -0.2) is 27.8 Å². The second-order valence-electron chi connectivity index (χ2n) is 6.89. The number of thiophene rings is 1. The van der Waals surface area contributed by atoms with Crippen LogP contribution in [0, 0.1) is 5.82 Å². The molecule has 2 heterocycles. The number of carbonyl (C=O) groups is 1. The van der Waals surface area contributed by atoms with Gasteiger partial charge < -0.3 is 5.32 Å². The van der Waals surface area contributed by atoms with E-state index in [0.717, 1.165) is 12.0 Å². The van der Waals surface area contributed by atoms with Crippen LogP contribution in [0.3, 0.4) is 0 Å². The van der Waals surface area contributed by atoms with Crippen molar-refractivity contribution in [2.45, 2.75) is 18.1 Å². The zero-order chi connectivity index (χ0) is 21.6. The Hall–Kier alpha value is -2.97. The predicted octanol–water partition coefficient (Wildman–Crippen LogP) is 4.10. The molecule has 0 aliphatic rings. The molecule has 4 aromatic rings. The third kappa shape index (κ3) is 5.21. The van der Waals surface area contributed by atoms with Crippen LogP contribution in [0.4, 0.5) is 4.39 Å². The Balaban J connectivity index is 1.48. The Kier molecular flexibility index (Phi) is 6.79. The molecule has 8 heteroatoms. The molecule has 4 rings (SSSR count). The number of aromatic nitrogens is 2. The number of rotatable bonds is 8. The van der Waals surface area contributed by atoms with Gasteiger partial charge in [-0.05, 0) is 29.5 Å². The molecule has 0 aliphatic carbocycles. The summed E-state index contributed by atoms with van der Waals surface area (Å²) in [5.74, 6) is -0.401. The fraction of sp³-hybridized carbons (Fsp3) is 0.174. The highest BCUT2D eigenvalue weighted by molar-refractivity contribution is 7.99. The number of thioether (sulfide) groups is 1. The second-order valence-corrected chi connectivity index (χ2v) is 8.74. The van der Waals surface area contributed by atoms with Crippen molar-refractivity contribution in [1.82, 2.24) is 14.9 Å². The number of nitrogens with one attached hydrogen (secondary N) is 1. The molecule has 0 atom stereocenters. The van der Waals surface area contributed by atoms with Crippen LogP contribution in [0.25, 0.3) is 10.2 Å². The zero-order valence-corrected chi connectivity index (χ0v) is 18.2. The monoisotopic (exact) mass is 453 g/mol. The van der Waals surface area contributed by atoms with Gasteiger partial charge in [-0.3, -0.25) is 14.2 Å². The molecule has 0 unspecified atom stereocenters. The average Bonchev–Trinajstić information content (AvgIpc) is 3.25. The Morgan fingerprint density at radius 2 is 1.87 bits per heavy atom. The highest BCUT2D eigenvalue weighted by Gasteiger charge is 2.15. The minimum absolute atomic E-state index is 0.0598. The summed E-state index contributed by atoms with van der Waals surface area (Å²) in [5, 5.41) is 5.10. The number of halogens is 1. The first-order chi connectivity index (χ1) is 15.1. The number of carbonyl (C=O) groups excluding carboxylic acids is 1. The van der Waals surface area contributed by atoms with Crippen molar-refractivity contribution in [2.24, 2.45) is 0 Å². The van der Waals surface area contributed by atoms with E-state index in [2.05, 4.69) is 10.3 Å². The fourth-order valence-corrected chi connectivity index (χ4v) is 4.75. The Labute approximate surface area is 187 Å². The molecule has 0 spiro atoms. The minimum Gasteiger partial charge on any atom is -0.355 e. The number of nitrogens with zero attached hydrogens (tertiary/aromatic N) is 2. The van der Waals surface area contributed by atoms with E-state index in [9.17, 15) is 14.0 Å². The molecule has 31 heavy (non-hydrogen) atoms. The van der Waals surface area contributed by atoms with E-state index in [1.807, 2.05) is 30.3 Å². The van der Waals surface area contributed by atoms with Gasteiger partial charge in [-0.25, -0.2) is 9.37 Å². The number of hydrogen-bond acceptors (Lipinski definition) is 5. The van der Waals surface area contributed by atoms with E-state index in [0.29, 0.717) is 27.5 Å². The van der Waals surface area contributed by atoms with E-state index in [1.165, 1.54) is 33.7 Å². The quantitative estimate of drug-likeness (QED) is 0.322. The van der Waals surface area contributed by atoms with Gasteiger partial charge in [-0.1, -0.05) is 60.3 Å². The molecule has 0 bridgehead atoms. The van der Waals surface area contributed by atoms with Crippen molar-refractivity contribution in [3.63, 3.8) is 0 Å². The maximum Gasteiger partial charge on any atom is 0.272 e. The SMILES string of the molecule is O=C(CSc1nc2ccsc2c(=O)n1Cc1ccccc1F)NCCc1ccccc1. The molecule has 1 amide bonds. The van der Waals surface area contributed by atoms with Crippen LogP contribution < -0.4 is 10.9 Å². The normalized spacial score (nSPS) is 11.0. The van der Waals surface area contributed by atoms with Gasteiger partial charge in [0.25, 0.3) is 5.56 Å². The highest BCUT2D eigenvalue weighted by Crippen LogP contribution is 2.22. The molecular formula is C23H20FN3O2S2. The van der Waals surface area contributed by atoms with Gasteiger partial charge in [0.05, 0.1) is 17.8 Å². The smallest absolute Gasteiger partial charge is 0.272 e. The van der Waals surface area contributed by atoms with E-state index >= 15 is 0 Å². The van der Waals surface area contributed by atoms with Crippen LogP contribution in [0.15, 0.2) is 76.0 Å². The summed E-state index contributed by atoms with van der Waals surface area (Å²) >= 11 is 2.49. The topological polar surface area (TPSA) is 64.0 Å². The molecule has 1 N–H and O–H groups in total. The van der Waals surface area contributed by atoms with Crippen molar-refractivity contribution in [2.75, 3.05) is 12.3 Å². The summed E-state index contributed by atoms with van der Waals surface area (Å²) in [4.78, 5) is 29.9. The molecule has 0 radical (unpaired) electrons. The lowest BCUT2D eigenvalue weighted by atomic mass is 10.1. The molecule has 0 fully saturated rings. The molecular weight excluding hydrogens is 433 g/mol. The van der Waals surface area contributed by atoms with Crippen LogP contribution in [0.5, 0.6) is 0 Å². The molecule has 0 aliphatic heterocycles. The van der Waals surface area contributed by atoms with Gasteiger partial charge in [-0.15, -0.1) is 11.3 Å². The summed E-state index contributed by atoms with van der Waals surface area (Å²) in [6.45, 7) is 0.590. The Morgan fingerprint density at radius 1 is 1.10 bits per heavy atom. The first-order valence-corrected chi connectivity index (χ1v) is 11.6. The van der Waals surface area contributed by atoms with Crippen molar-refractivity contribution in [1.29, 1.82) is 0 Å². The molecule has 2 aromatic carbocycles. The van der Waals surface area contributed by atoms with Gasteiger partial charge in [-0.2, -0.15) is 0 Å². The van der Waals surface area contributed by atoms with Crippen molar-refractivity contribution in [3.05, 3.63) is 93.3 Å². The summed E-state index contributed by atoms with van der Waals surface area (Å²) < 4.78 is 16.1. The molecule has 2 aromatic heterocycles. The number of hydrogen-bond donors (Lipinski definition) is 1. The van der Waals surface area contributed by atoms with Crippen LogP contribution in [0.1, 0.15) is 11.1 Å². The van der Waals surface area contributed by atoms with Crippen molar-refractivity contribution < 1.29 is 9.18 Å². The first kappa shape index (κ1) is 21.3. The average molecular weight is 454 g/mol. The first-order valence-electron chi connectivity index (χ1n) is 9.76. The molecule has 158 valence electrons. The molecule has 5 nitrogen and oxygen atoms in total. The number of benzene rings is 2. The number of amides is 1. The van der Waals surface area contributed by atoms with Crippen molar-refractivity contribution >= 4 is 39.2 Å². The number of fused-ring (bicyclic) bond motifs is 1. The molecule has 0 saturated carbocycles. The fourth-order valence-electron chi connectivity index (χ4n) is 3.14. The van der Waals surface area contributed by atoms with Gasteiger partial charge in [0, 0.05) is 12.1 Å². The predicted molar refractivity (Wildman–Crippen MR) is 123 cm³/mol. The standard InChI is InChI=1S/C23H20FN3O2S2/c24-18-9-5-4-8-17(18)14-27-22(29)21-19(11-13-30-21)26-23(27)31-15-20(28)25-12-10-16-6-2-1-3-7-16/h1-9,11,13H,10,12,14-15H2,(H,25,28). The third-order valence-corrected chi connectivity index (χ3v) is 6.60. The summed E-state index contributed by atoms with van der Waals surface area (Å²) in [6.07, 6.45) is 0.744. The Morgan fingerprint density at radius 3 is 2.68 bits per heavy atom. The van der Waals surface area contributed by atoms with E-state index in [4.69, 9.17) is 0 Å². The van der Waals surface area contributed by atoms with Crippen molar-refractivity contribution in [3.8, 4) is 0 Å². The van der Waals surface area contributed by atoms with E-state index in [-0.39, 0.29) is 29.6 Å². The van der Waals surface area contributed by atoms with E-state index < -0.39 is 0 Å². The second kappa shape index (κ2) is 9.89. The lowest BCUT2D eigenvalue weighted by Crippen LogP contribution is -2.28. The summed E-state index contributed by atoms with van der Waals surface area (Å²) in [5.41, 5.74) is 1.91. The largest absolute Gasteiger partial charge is 0.355 e. The van der Waals surface area contributed by atoms with Gasteiger partial charge in [0.15, 0.2) is 5.16 Å². The molecule has 0 saturated heterocycles. The van der Waals surface area contributed by atoms with Crippen LogP contribution >= 0.6 is 23.1 Å². The van der Waals surface area contributed by atoms with Crippen LogP contribution in [0.2, 0.25) is 0 Å². The lowest BCUT2D eigenvalue weighted by Gasteiger charge is -2.12. The Bertz CT molecular complexity index is 1250. The van der Waals surface area contributed by atoms with Gasteiger partial charge >= 0.3 is 0 Å². The summed E-state index contributed by atoms with van der Waals surface area (Å²) in [6, 6.07) is 18.0. The summed E-state index contributed by atoms with van der Waals surface area (Å²) in [7, 11) is 0. The minimum atomic E-state index is -0.379. The van der Waals surface area contributed by atoms with Gasteiger partial charge in [0.2, 0.25) is 5.91 Å².